The van der Waals surface area contributed by atoms with Crippen LogP contribution in [0.15, 0.2) is 4.52 Å². The zero-order valence-corrected chi connectivity index (χ0v) is 13.0. The van der Waals surface area contributed by atoms with Crippen LogP contribution in [-0.4, -0.2) is 41.6 Å². The van der Waals surface area contributed by atoms with E-state index in [1.807, 2.05) is 18.7 Å². The van der Waals surface area contributed by atoms with Gasteiger partial charge in [-0.1, -0.05) is 5.16 Å². The van der Waals surface area contributed by atoms with Crippen molar-refractivity contribution >= 4 is 5.91 Å². The first-order chi connectivity index (χ1) is 10.1. The molecule has 1 aromatic rings. The predicted molar refractivity (Wildman–Crippen MR) is 80.0 cm³/mol. The molecule has 116 valence electrons. The van der Waals surface area contributed by atoms with E-state index >= 15 is 0 Å². The van der Waals surface area contributed by atoms with Crippen molar-refractivity contribution < 1.29 is 9.32 Å². The van der Waals surface area contributed by atoms with Crippen molar-refractivity contribution in [2.24, 2.45) is 5.92 Å². The van der Waals surface area contributed by atoms with Crippen LogP contribution in [0.25, 0.3) is 0 Å². The van der Waals surface area contributed by atoms with Gasteiger partial charge in [-0.3, -0.25) is 4.79 Å². The van der Waals surface area contributed by atoms with Crippen molar-refractivity contribution in [3.8, 4) is 0 Å². The van der Waals surface area contributed by atoms with Crippen LogP contribution >= 0.6 is 0 Å². The monoisotopic (exact) mass is 291 g/mol. The molecule has 1 aliphatic heterocycles. The fourth-order valence-corrected chi connectivity index (χ4v) is 3.01. The van der Waals surface area contributed by atoms with Gasteiger partial charge in [0, 0.05) is 24.7 Å². The van der Waals surface area contributed by atoms with Gasteiger partial charge in [0.15, 0.2) is 0 Å². The van der Waals surface area contributed by atoms with Crippen LogP contribution in [0.2, 0.25) is 0 Å². The summed E-state index contributed by atoms with van der Waals surface area (Å²) in [7, 11) is 0. The standard InChI is InChI=1S/C16H25N3O2/c1-11-15(12(2)21-18-11)9-16(20)19-7-5-14(6-8-19)17-10-13-3-4-13/h13-14,17H,3-10H2,1-2H3. The number of piperidine rings is 1. The Morgan fingerprint density at radius 3 is 2.57 bits per heavy atom. The summed E-state index contributed by atoms with van der Waals surface area (Å²) in [5, 5.41) is 7.56. The quantitative estimate of drug-likeness (QED) is 0.899. The maximum Gasteiger partial charge on any atom is 0.227 e. The second-order valence-electron chi connectivity index (χ2n) is 6.49. The van der Waals surface area contributed by atoms with Gasteiger partial charge in [0.25, 0.3) is 0 Å². The van der Waals surface area contributed by atoms with E-state index in [4.69, 9.17) is 4.52 Å². The summed E-state index contributed by atoms with van der Waals surface area (Å²) in [4.78, 5) is 14.4. The first kappa shape index (κ1) is 14.6. The number of carbonyl (C=O) groups is 1. The molecule has 1 aromatic heterocycles. The third-order valence-corrected chi connectivity index (χ3v) is 4.75. The Morgan fingerprint density at radius 2 is 2.00 bits per heavy atom. The molecule has 2 aliphatic rings. The smallest absolute Gasteiger partial charge is 0.227 e. The third kappa shape index (κ3) is 3.64. The molecule has 2 fully saturated rings. The Bertz CT molecular complexity index is 480. The Balaban J connectivity index is 1.46. The van der Waals surface area contributed by atoms with Crippen LogP contribution in [0.5, 0.6) is 0 Å². The van der Waals surface area contributed by atoms with E-state index in [9.17, 15) is 4.79 Å². The maximum atomic E-state index is 12.4. The van der Waals surface area contributed by atoms with Crippen LogP contribution in [0.3, 0.4) is 0 Å². The first-order valence-electron chi connectivity index (χ1n) is 8.06. The normalized spacial score (nSPS) is 20.0. The number of aromatic nitrogens is 1. The summed E-state index contributed by atoms with van der Waals surface area (Å²) in [5.41, 5.74) is 1.79. The molecule has 2 heterocycles. The zero-order valence-electron chi connectivity index (χ0n) is 13.0. The van der Waals surface area contributed by atoms with Gasteiger partial charge in [-0.25, -0.2) is 0 Å². The van der Waals surface area contributed by atoms with Gasteiger partial charge >= 0.3 is 0 Å². The molecular formula is C16H25N3O2. The van der Waals surface area contributed by atoms with Gasteiger partial charge < -0.3 is 14.7 Å². The molecule has 1 N–H and O–H groups in total. The Kier molecular flexibility index (Phi) is 4.29. The molecule has 1 amide bonds. The number of hydrogen-bond donors (Lipinski definition) is 1. The highest BCUT2D eigenvalue weighted by Crippen LogP contribution is 2.28. The minimum Gasteiger partial charge on any atom is -0.361 e. The van der Waals surface area contributed by atoms with Crippen LogP contribution in [0, 0.1) is 19.8 Å². The number of aryl methyl sites for hydroxylation is 2. The molecular weight excluding hydrogens is 266 g/mol. The molecule has 3 rings (SSSR count). The third-order valence-electron chi connectivity index (χ3n) is 4.75. The highest BCUT2D eigenvalue weighted by molar-refractivity contribution is 5.79. The Labute approximate surface area is 126 Å². The van der Waals surface area contributed by atoms with Crippen LogP contribution in [0.4, 0.5) is 0 Å². The van der Waals surface area contributed by atoms with Crippen LogP contribution in [-0.2, 0) is 11.2 Å². The molecule has 0 radical (unpaired) electrons. The summed E-state index contributed by atoms with van der Waals surface area (Å²) in [6.45, 7) is 6.66. The molecule has 0 aromatic carbocycles. The van der Waals surface area contributed by atoms with E-state index in [1.54, 1.807) is 0 Å². The summed E-state index contributed by atoms with van der Waals surface area (Å²) in [6, 6.07) is 0.591. The molecule has 1 saturated heterocycles. The second kappa shape index (κ2) is 6.18. The SMILES string of the molecule is Cc1noc(C)c1CC(=O)N1CCC(NCC2CC2)CC1. The maximum absolute atomic E-state index is 12.4. The summed E-state index contributed by atoms with van der Waals surface area (Å²) < 4.78 is 5.13. The zero-order chi connectivity index (χ0) is 14.8. The number of nitrogens with one attached hydrogen (secondary N) is 1. The van der Waals surface area contributed by atoms with Crippen molar-refractivity contribution in [2.75, 3.05) is 19.6 Å². The fourth-order valence-electron chi connectivity index (χ4n) is 3.01. The molecule has 1 saturated carbocycles. The van der Waals surface area contributed by atoms with Gasteiger partial charge in [-0.05, 0) is 52.0 Å². The van der Waals surface area contributed by atoms with Gasteiger partial charge in [-0.2, -0.15) is 0 Å². The fraction of sp³-hybridized carbons (Fsp3) is 0.750. The lowest BCUT2D eigenvalue weighted by atomic mass is 10.0. The minimum absolute atomic E-state index is 0.199. The summed E-state index contributed by atoms with van der Waals surface area (Å²) in [6.07, 6.45) is 5.34. The van der Waals surface area contributed by atoms with E-state index in [0.717, 1.165) is 55.4 Å². The largest absolute Gasteiger partial charge is 0.361 e. The number of nitrogens with zero attached hydrogens (tertiary/aromatic N) is 2. The lowest BCUT2D eigenvalue weighted by Gasteiger charge is -2.32. The lowest BCUT2D eigenvalue weighted by Crippen LogP contribution is -2.45. The average molecular weight is 291 g/mol. The van der Waals surface area contributed by atoms with Gasteiger partial charge in [0.1, 0.15) is 5.76 Å². The minimum atomic E-state index is 0.199. The molecule has 21 heavy (non-hydrogen) atoms. The van der Waals surface area contributed by atoms with Crippen molar-refractivity contribution in [3.63, 3.8) is 0 Å². The van der Waals surface area contributed by atoms with Crippen molar-refractivity contribution in [1.82, 2.24) is 15.4 Å². The molecule has 5 nitrogen and oxygen atoms in total. The van der Waals surface area contributed by atoms with E-state index in [2.05, 4.69) is 10.5 Å². The topological polar surface area (TPSA) is 58.4 Å². The van der Waals surface area contributed by atoms with Gasteiger partial charge in [0.05, 0.1) is 12.1 Å². The molecule has 0 bridgehead atoms. The highest BCUT2D eigenvalue weighted by Gasteiger charge is 2.26. The summed E-state index contributed by atoms with van der Waals surface area (Å²) >= 11 is 0. The summed E-state index contributed by atoms with van der Waals surface area (Å²) in [5.74, 6) is 1.89. The number of hydrogen-bond acceptors (Lipinski definition) is 4. The van der Waals surface area contributed by atoms with Crippen molar-refractivity contribution in [2.45, 2.75) is 52.0 Å². The second-order valence-corrected chi connectivity index (χ2v) is 6.49. The number of carbonyl (C=O) groups excluding carboxylic acids is 1. The predicted octanol–water partition coefficient (Wildman–Crippen LogP) is 1.82. The molecule has 5 heteroatoms. The molecule has 0 spiro atoms. The van der Waals surface area contributed by atoms with E-state index in [1.165, 1.54) is 12.8 Å². The number of amides is 1. The van der Waals surface area contributed by atoms with E-state index < -0.39 is 0 Å². The van der Waals surface area contributed by atoms with Gasteiger partial charge in [0.2, 0.25) is 5.91 Å². The van der Waals surface area contributed by atoms with Gasteiger partial charge in [-0.15, -0.1) is 0 Å². The Hall–Kier alpha value is -1.36. The average Bonchev–Trinajstić information content (AvgIpc) is 3.27. The first-order valence-corrected chi connectivity index (χ1v) is 8.06. The Morgan fingerprint density at radius 1 is 1.29 bits per heavy atom. The number of likely N-dealkylation sites (tertiary alicyclic amines) is 1. The molecule has 1 aliphatic carbocycles. The van der Waals surface area contributed by atoms with Crippen LogP contribution in [0.1, 0.15) is 42.7 Å². The van der Waals surface area contributed by atoms with E-state index in [0.29, 0.717) is 12.5 Å². The van der Waals surface area contributed by atoms with E-state index in [-0.39, 0.29) is 5.91 Å². The van der Waals surface area contributed by atoms with Crippen LogP contribution < -0.4 is 5.32 Å². The van der Waals surface area contributed by atoms with Crippen molar-refractivity contribution in [1.29, 1.82) is 0 Å². The lowest BCUT2D eigenvalue weighted by molar-refractivity contribution is -0.131. The molecule has 0 unspecified atom stereocenters. The molecule has 0 atom stereocenters. The number of rotatable bonds is 5. The van der Waals surface area contributed by atoms with Crippen molar-refractivity contribution in [3.05, 3.63) is 17.0 Å². The highest BCUT2D eigenvalue weighted by atomic mass is 16.5.